The molecule has 2 atom stereocenters. The molecular formula is C31H40N2O5. The Morgan fingerprint density at radius 3 is 2.26 bits per heavy atom. The number of nitrogens with zero attached hydrogens (tertiary/aromatic N) is 2. The lowest BCUT2D eigenvalue weighted by Gasteiger charge is -2.54. The largest absolute Gasteiger partial charge is 0.466 e. The Balaban J connectivity index is 1.02. The Morgan fingerprint density at radius 2 is 1.58 bits per heavy atom. The first-order valence-corrected chi connectivity index (χ1v) is 14.9. The maximum atomic E-state index is 13.5. The molecule has 7 nitrogen and oxygen atoms in total. The van der Waals surface area contributed by atoms with E-state index in [9.17, 15) is 14.4 Å². The van der Waals surface area contributed by atoms with E-state index < -0.39 is 0 Å². The zero-order valence-corrected chi connectivity index (χ0v) is 22.5. The minimum Gasteiger partial charge on any atom is -0.466 e. The van der Waals surface area contributed by atoms with Crippen molar-refractivity contribution in [1.29, 1.82) is 0 Å². The van der Waals surface area contributed by atoms with Gasteiger partial charge in [0.15, 0.2) is 0 Å². The molecular weight excluding hydrogens is 480 g/mol. The third-order valence-electron chi connectivity index (χ3n) is 10.8. The zero-order valence-electron chi connectivity index (χ0n) is 22.5. The van der Waals surface area contributed by atoms with Crippen LogP contribution in [0.2, 0.25) is 0 Å². The van der Waals surface area contributed by atoms with E-state index in [1.807, 2.05) is 15.9 Å². The number of ether oxygens (including phenoxy) is 2. The van der Waals surface area contributed by atoms with Crippen LogP contribution >= 0.6 is 0 Å². The topological polar surface area (TPSA) is 76.2 Å². The maximum absolute atomic E-state index is 13.5. The maximum Gasteiger partial charge on any atom is 0.410 e. The molecule has 7 heteroatoms. The molecule has 8 rings (SSSR count). The second-order valence-electron chi connectivity index (χ2n) is 13.1. The van der Waals surface area contributed by atoms with Crippen molar-refractivity contribution in [3.05, 3.63) is 35.4 Å². The van der Waals surface area contributed by atoms with Crippen LogP contribution in [0.1, 0.15) is 69.4 Å². The number of rotatable bonds is 4. The van der Waals surface area contributed by atoms with Gasteiger partial charge in [0.25, 0.3) is 0 Å². The molecule has 204 valence electrons. The molecule has 1 spiro atoms. The molecule has 7 aliphatic rings. The normalized spacial score (nSPS) is 36.1. The van der Waals surface area contributed by atoms with Crippen molar-refractivity contribution in [2.75, 3.05) is 26.2 Å². The number of benzene rings is 1. The highest BCUT2D eigenvalue weighted by atomic mass is 16.6. The Kier molecular flexibility index (Phi) is 5.97. The van der Waals surface area contributed by atoms with Crippen LogP contribution in [0.5, 0.6) is 0 Å². The summed E-state index contributed by atoms with van der Waals surface area (Å²) in [5, 5.41) is 0. The van der Waals surface area contributed by atoms with Crippen LogP contribution in [-0.4, -0.2) is 60.1 Å². The van der Waals surface area contributed by atoms with Crippen molar-refractivity contribution in [3.63, 3.8) is 0 Å². The van der Waals surface area contributed by atoms with Gasteiger partial charge in [0.2, 0.25) is 5.91 Å². The summed E-state index contributed by atoms with van der Waals surface area (Å²) in [6.45, 7) is 4.68. The van der Waals surface area contributed by atoms with Crippen molar-refractivity contribution in [3.8, 4) is 0 Å². The second-order valence-corrected chi connectivity index (χ2v) is 13.1. The SMILES string of the molecule is CCOC(=O)C1CC1C(=O)N1Cc2ccccc2C2(CCN(C(=O)OC3C4CC5CC(C4)CC3C5)CC2)C1. The third-order valence-corrected chi connectivity index (χ3v) is 10.8. The van der Waals surface area contributed by atoms with Gasteiger partial charge in [-0.25, -0.2) is 4.79 Å². The molecule has 4 bridgehead atoms. The van der Waals surface area contributed by atoms with E-state index in [0.29, 0.717) is 51.0 Å². The molecule has 2 unspecified atom stereocenters. The molecule has 0 N–H and O–H groups in total. The lowest BCUT2D eigenvalue weighted by Crippen LogP contribution is -2.55. The molecule has 2 aliphatic heterocycles. The number of piperidine rings is 1. The van der Waals surface area contributed by atoms with E-state index >= 15 is 0 Å². The minimum absolute atomic E-state index is 0.0701. The molecule has 6 fully saturated rings. The van der Waals surface area contributed by atoms with Crippen LogP contribution < -0.4 is 0 Å². The van der Waals surface area contributed by atoms with Crippen molar-refractivity contribution in [2.24, 2.45) is 35.5 Å². The zero-order chi connectivity index (χ0) is 26.0. The van der Waals surface area contributed by atoms with Crippen LogP contribution in [0.3, 0.4) is 0 Å². The molecule has 38 heavy (non-hydrogen) atoms. The minimum atomic E-state index is -0.294. The van der Waals surface area contributed by atoms with Crippen LogP contribution in [-0.2, 0) is 31.0 Å². The van der Waals surface area contributed by atoms with Gasteiger partial charge in [-0.05, 0) is 93.1 Å². The smallest absolute Gasteiger partial charge is 0.410 e. The van der Waals surface area contributed by atoms with Crippen LogP contribution in [0.15, 0.2) is 24.3 Å². The summed E-state index contributed by atoms with van der Waals surface area (Å²) in [4.78, 5) is 42.8. The summed E-state index contributed by atoms with van der Waals surface area (Å²) in [6.07, 6.45) is 8.57. The van der Waals surface area contributed by atoms with Crippen LogP contribution in [0, 0.1) is 35.5 Å². The number of carbonyl (C=O) groups is 3. The van der Waals surface area contributed by atoms with Crippen molar-refractivity contribution in [1.82, 2.24) is 9.80 Å². The first kappa shape index (κ1) is 24.5. The first-order chi connectivity index (χ1) is 18.4. The van der Waals surface area contributed by atoms with E-state index in [2.05, 4.69) is 18.2 Å². The lowest BCUT2D eigenvalue weighted by molar-refractivity contribution is -0.147. The summed E-state index contributed by atoms with van der Waals surface area (Å²) >= 11 is 0. The van der Waals surface area contributed by atoms with Gasteiger partial charge in [0, 0.05) is 31.6 Å². The number of likely N-dealkylation sites (tertiary alicyclic amines) is 1. The number of hydrogen-bond donors (Lipinski definition) is 0. The molecule has 5 saturated carbocycles. The van der Waals surface area contributed by atoms with E-state index in [1.165, 1.54) is 43.2 Å². The van der Waals surface area contributed by atoms with Gasteiger partial charge in [-0.1, -0.05) is 24.3 Å². The molecule has 2 heterocycles. The molecule has 1 aromatic carbocycles. The molecule has 1 saturated heterocycles. The number of hydrogen-bond acceptors (Lipinski definition) is 5. The second kappa shape index (κ2) is 9.27. The van der Waals surface area contributed by atoms with Crippen LogP contribution in [0.25, 0.3) is 0 Å². The summed E-state index contributed by atoms with van der Waals surface area (Å²) in [5.74, 6) is 2.13. The fourth-order valence-electron chi connectivity index (χ4n) is 9.06. The molecule has 0 aromatic heterocycles. The average molecular weight is 521 g/mol. The molecule has 0 radical (unpaired) electrons. The average Bonchev–Trinajstić information content (AvgIpc) is 3.72. The molecule has 5 aliphatic carbocycles. The Hall–Kier alpha value is -2.57. The Morgan fingerprint density at radius 1 is 0.895 bits per heavy atom. The van der Waals surface area contributed by atoms with Crippen molar-refractivity contribution >= 4 is 18.0 Å². The predicted octanol–water partition coefficient (Wildman–Crippen LogP) is 4.52. The van der Waals surface area contributed by atoms with Crippen LogP contribution in [0.4, 0.5) is 4.79 Å². The van der Waals surface area contributed by atoms with Crippen molar-refractivity contribution in [2.45, 2.75) is 76.4 Å². The van der Waals surface area contributed by atoms with E-state index in [-0.39, 0.29) is 41.3 Å². The summed E-state index contributed by atoms with van der Waals surface area (Å²) in [6, 6.07) is 8.46. The monoisotopic (exact) mass is 520 g/mol. The highest BCUT2D eigenvalue weighted by molar-refractivity contribution is 5.90. The highest BCUT2D eigenvalue weighted by Crippen LogP contribution is 2.55. The lowest BCUT2D eigenvalue weighted by atomic mass is 9.55. The Labute approximate surface area is 225 Å². The quantitative estimate of drug-likeness (QED) is 0.546. The number of carbonyl (C=O) groups excluding carboxylic acids is 3. The summed E-state index contributed by atoms with van der Waals surface area (Å²) in [5.41, 5.74) is 2.33. The fraction of sp³-hybridized carbons (Fsp3) is 0.710. The first-order valence-electron chi connectivity index (χ1n) is 14.9. The van der Waals surface area contributed by atoms with Gasteiger partial charge < -0.3 is 19.3 Å². The van der Waals surface area contributed by atoms with Gasteiger partial charge in [0.1, 0.15) is 6.10 Å². The number of amides is 2. The summed E-state index contributed by atoms with van der Waals surface area (Å²) in [7, 11) is 0. The van der Waals surface area contributed by atoms with Gasteiger partial charge in [-0.15, -0.1) is 0 Å². The van der Waals surface area contributed by atoms with Gasteiger partial charge in [0.05, 0.1) is 18.4 Å². The van der Waals surface area contributed by atoms with E-state index in [0.717, 1.165) is 24.7 Å². The molecule has 2 amide bonds. The fourth-order valence-corrected chi connectivity index (χ4v) is 9.06. The number of fused-ring (bicyclic) bond motifs is 2. The van der Waals surface area contributed by atoms with Gasteiger partial charge in [-0.2, -0.15) is 0 Å². The standard InChI is InChI=1S/C31H40N2O5/c1-2-37-29(35)25-16-24(25)28(34)33-17-21-5-3-4-6-26(21)31(18-33)7-9-32(10-8-31)30(36)38-27-22-12-19-11-20(14-22)15-23(27)13-19/h3-6,19-20,22-25,27H,2,7-18H2,1H3. The third kappa shape index (κ3) is 4.12. The number of esters is 1. The predicted molar refractivity (Wildman–Crippen MR) is 140 cm³/mol. The Bertz CT molecular complexity index is 1100. The molecule has 1 aromatic rings. The summed E-state index contributed by atoms with van der Waals surface area (Å²) < 4.78 is 11.4. The highest BCUT2D eigenvalue weighted by Gasteiger charge is 2.53. The van der Waals surface area contributed by atoms with E-state index in [1.54, 1.807) is 6.92 Å². The van der Waals surface area contributed by atoms with Crippen molar-refractivity contribution < 1.29 is 23.9 Å². The van der Waals surface area contributed by atoms with Gasteiger partial charge >= 0.3 is 12.1 Å². The van der Waals surface area contributed by atoms with E-state index in [4.69, 9.17) is 9.47 Å². The van der Waals surface area contributed by atoms with Gasteiger partial charge in [-0.3, -0.25) is 9.59 Å².